The third-order valence-electron chi connectivity index (χ3n) is 2.52. The van der Waals surface area contributed by atoms with Gasteiger partial charge in [0.15, 0.2) is 11.5 Å². The van der Waals surface area contributed by atoms with Gasteiger partial charge >= 0.3 is 0 Å². The number of phenols is 1. The Morgan fingerprint density at radius 2 is 1.72 bits per heavy atom. The fourth-order valence-corrected chi connectivity index (χ4v) is 1.79. The quantitative estimate of drug-likeness (QED) is 0.911. The third kappa shape index (κ3) is 3.24. The zero-order valence-electron chi connectivity index (χ0n) is 9.58. The SMILES string of the molecule is Oc1ccccc1OCC(O)c1ccc(Br)cc1. The van der Waals surface area contributed by atoms with Crippen LogP contribution in [-0.4, -0.2) is 16.8 Å². The minimum Gasteiger partial charge on any atom is -0.504 e. The Hall–Kier alpha value is -1.52. The largest absolute Gasteiger partial charge is 0.504 e. The van der Waals surface area contributed by atoms with Crippen molar-refractivity contribution in [2.45, 2.75) is 6.10 Å². The minimum absolute atomic E-state index is 0.0699. The molecule has 0 aliphatic carbocycles. The van der Waals surface area contributed by atoms with Crippen molar-refractivity contribution in [1.29, 1.82) is 0 Å². The molecule has 0 heterocycles. The lowest BCUT2D eigenvalue weighted by Gasteiger charge is -2.13. The predicted molar refractivity (Wildman–Crippen MR) is 72.7 cm³/mol. The number of halogens is 1. The van der Waals surface area contributed by atoms with E-state index >= 15 is 0 Å². The van der Waals surface area contributed by atoms with Crippen molar-refractivity contribution >= 4 is 15.9 Å². The second kappa shape index (κ2) is 5.89. The van der Waals surface area contributed by atoms with Gasteiger partial charge in [0, 0.05) is 4.47 Å². The molecule has 94 valence electrons. The maximum atomic E-state index is 9.94. The van der Waals surface area contributed by atoms with E-state index in [2.05, 4.69) is 15.9 Å². The van der Waals surface area contributed by atoms with E-state index in [1.807, 2.05) is 24.3 Å². The monoisotopic (exact) mass is 308 g/mol. The van der Waals surface area contributed by atoms with Crippen LogP contribution in [0.15, 0.2) is 53.0 Å². The fraction of sp³-hybridized carbons (Fsp3) is 0.143. The molecule has 0 aromatic heterocycles. The molecule has 0 aliphatic heterocycles. The van der Waals surface area contributed by atoms with Crippen LogP contribution in [0.4, 0.5) is 0 Å². The van der Waals surface area contributed by atoms with Gasteiger partial charge in [-0.1, -0.05) is 40.2 Å². The van der Waals surface area contributed by atoms with Gasteiger partial charge in [0.05, 0.1) is 0 Å². The predicted octanol–water partition coefficient (Wildman–Crippen LogP) is 3.27. The van der Waals surface area contributed by atoms with Crippen LogP contribution in [0, 0.1) is 0 Å². The summed E-state index contributed by atoms with van der Waals surface area (Å²) in [5.74, 6) is 0.439. The first-order chi connectivity index (χ1) is 8.66. The van der Waals surface area contributed by atoms with E-state index in [0.29, 0.717) is 5.75 Å². The molecule has 0 bridgehead atoms. The molecule has 0 aliphatic rings. The summed E-state index contributed by atoms with van der Waals surface area (Å²) in [4.78, 5) is 0. The minimum atomic E-state index is -0.724. The molecule has 18 heavy (non-hydrogen) atoms. The second-order valence-electron chi connectivity index (χ2n) is 3.85. The molecule has 0 saturated carbocycles. The Balaban J connectivity index is 1.98. The van der Waals surface area contributed by atoms with Gasteiger partial charge in [-0.2, -0.15) is 0 Å². The summed E-state index contributed by atoms with van der Waals surface area (Å²) >= 11 is 3.33. The van der Waals surface area contributed by atoms with Gasteiger partial charge < -0.3 is 14.9 Å². The Morgan fingerprint density at radius 1 is 1.06 bits per heavy atom. The van der Waals surface area contributed by atoms with Gasteiger partial charge in [-0.3, -0.25) is 0 Å². The molecule has 2 aromatic rings. The highest BCUT2D eigenvalue weighted by Gasteiger charge is 2.09. The summed E-state index contributed by atoms with van der Waals surface area (Å²) in [5.41, 5.74) is 0.772. The molecular formula is C14H13BrO3. The summed E-state index contributed by atoms with van der Waals surface area (Å²) in [5, 5.41) is 19.5. The normalized spacial score (nSPS) is 12.1. The molecule has 0 amide bonds. The lowest BCUT2D eigenvalue weighted by atomic mass is 10.1. The van der Waals surface area contributed by atoms with Crippen molar-refractivity contribution in [3.8, 4) is 11.5 Å². The third-order valence-corrected chi connectivity index (χ3v) is 3.05. The summed E-state index contributed by atoms with van der Waals surface area (Å²) in [6.45, 7) is 0.0964. The van der Waals surface area contributed by atoms with E-state index in [1.54, 1.807) is 24.3 Å². The Labute approximate surface area is 114 Å². The summed E-state index contributed by atoms with van der Waals surface area (Å²) < 4.78 is 6.33. The number of rotatable bonds is 4. The van der Waals surface area contributed by atoms with Gasteiger partial charge in [-0.05, 0) is 29.8 Å². The molecule has 1 atom stereocenters. The van der Waals surface area contributed by atoms with Crippen molar-refractivity contribution in [3.63, 3.8) is 0 Å². The zero-order chi connectivity index (χ0) is 13.0. The molecule has 3 nitrogen and oxygen atoms in total. The van der Waals surface area contributed by atoms with Crippen LogP contribution in [0.5, 0.6) is 11.5 Å². The topological polar surface area (TPSA) is 49.7 Å². The first-order valence-corrected chi connectivity index (χ1v) is 6.30. The van der Waals surface area contributed by atoms with Gasteiger partial charge in [0.2, 0.25) is 0 Å². The highest BCUT2D eigenvalue weighted by atomic mass is 79.9. The lowest BCUT2D eigenvalue weighted by Crippen LogP contribution is -2.09. The van der Waals surface area contributed by atoms with E-state index in [9.17, 15) is 10.2 Å². The number of aromatic hydroxyl groups is 1. The molecule has 2 aromatic carbocycles. The molecule has 0 spiro atoms. The number of hydrogen-bond donors (Lipinski definition) is 2. The van der Waals surface area contributed by atoms with Crippen molar-refractivity contribution in [2.24, 2.45) is 0 Å². The molecule has 0 radical (unpaired) electrons. The van der Waals surface area contributed by atoms with E-state index in [0.717, 1.165) is 10.0 Å². The number of hydrogen-bond acceptors (Lipinski definition) is 3. The Kier molecular flexibility index (Phi) is 4.23. The maximum Gasteiger partial charge on any atom is 0.161 e. The van der Waals surface area contributed by atoms with E-state index in [1.165, 1.54) is 0 Å². The van der Waals surface area contributed by atoms with Gasteiger partial charge in [-0.15, -0.1) is 0 Å². The number of para-hydroxylation sites is 2. The molecule has 0 fully saturated rings. The number of ether oxygens (including phenoxy) is 1. The van der Waals surface area contributed by atoms with E-state index < -0.39 is 6.10 Å². The van der Waals surface area contributed by atoms with Crippen LogP contribution in [0.3, 0.4) is 0 Å². The molecular weight excluding hydrogens is 296 g/mol. The van der Waals surface area contributed by atoms with Crippen LogP contribution < -0.4 is 4.74 Å². The number of phenolic OH excluding ortho intramolecular Hbond substituents is 1. The standard InChI is InChI=1S/C14H13BrO3/c15-11-7-5-10(6-8-11)13(17)9-18-14-4-2-1-3-12(14)16/h1-8,13,16-17H,9H2. The first kappa shape index (κ1) is 12.9. The lowest BCUT2D eigenvalue weighted by molar-refractivity contribution is 0.106. The summed E-state index contributed by atoms with van der Waals surface area (Å²) in [6, 6.07) is 14.0. The zero-order valence-corrected chi connectivity index (χ0v) is 11.2. The average Bonchev–Trinajstić information content (AvgIpc) is 2.38. The summed E-state index contributed by atoms with van der Waals surface area (Å²) in [6.07, 6.45) is -0.724. The van der Waals surface area contributed by atoms with Crippen molar-refractivity contribution in [2.75, 3.05) is 6.61 Å². The van der Waals surface area contributed by atoms with Crippen molar-refractivity contribution in [3.05, 3.63) is 58.6 Å². The van der Waals surface area contributed by atoms with Gasteiger partial charge in [0.25, 0.3) is 0 Å². The van der Waals surface area contributed by atoms with Crippen LogP contribution in [0.1, 0.15) is 11.7 Å². The number of benzene rings is 2. The Bertz CT molecular complexity index is 511. The molecule has 2 N–H and O–H groups in total. The Morgan fingerprint density at radius 3 is 2.39 bits per heavy atom. The first-order valence-electron chi connectivity index (χ1n) is 5.51. The van der Waals surface area contributed by atoms with E-state index in [-0.39, 0.29) is 12.4 Å². The molecule has 1 unspecified atom stereocenters. The fourth-order valence-electron chi connectivity index (χ4n) is 1.53. The maximum absolute atomic E-state index is 9.94. The molecule has 4 heteroatoms. The van der Waals surface area contributed by atoms with Gasteiger partial charge in [-0.25, -0.2) is 0 Å². The van der Waals surface area contributed by atoms with Crippen molar-refractivity contribution in [1.82, 2.24) is 0 Å². The molecule has 2 rings (SSSR count). The van der Waals surface area contributed by atoms with Crippen molar-refractivity contribution < 1.29 is 14.9 Å². The summed E-state index contributed by atoms with van der Waals surface area (Å²) in [7, 11) is 0. The van der Waals surface area contributed by atoms with Gasteiger partial charge in [0.1, 0.15) is 12.7 Å². The van der Waals surface area contributed by atoms with E-state index in [4.69, 9.17) is 4.74 Å². The highest BCUT2D eigenvalue weighted by molar-refractivity contribution is 9.10. The highest BCUT2D eigenvalue weighted by Crippen LogP contribution is 2.26. The van der Waals surface area contributed by atoms with Crippen LogP contribution in [-0.2, 0) is 0 Å². The van der Waals surface area contributed by atoms with Crippen LogP contribution in [0.2, 0.25) is 0 Å². The number of aliphatic hydroxyl groups excluding tert-OH is 1. The molecule has 0 saturated heterocycles. The van der Waals surface area contributed by atoms with Crippen LogP contribution >= 0.6 is 15.9 Å². The average molecular weight is 309 g/mol. The smallest absolute Gasteiger partial charge is 0.161 e. The van der Waals surface area contributed by atoms with Crippen LogP contribution in [0.25, 0.3) is 0 Å². The second-order valence-corrected chi connectivity index (χ2v) is 4.76. The number of aliphatic hydroxyl groups is 1.